The standard InChI is InChI=1S/C20H34O3/c1-4-5-6-7-8-9-10-11-12-13-14-15-16-17-19(22-2)18-20(21)23-3/h5-6,14-17,19H,4,7-13,18H2,1-3H3/b6-5+,15-14-,17-16+/t19-/m0/s1. The molecule has 0 fully saturated rings. The zero-order valence-corrected chi connectivity index (χ0v) is 15.1. The van der Waals surface area contributed by atoms with Crippen molar-refractivity contribution in [2.45, 2.75) is 70.8 Å². The minimum Gasteiger partial charge on any atom is -0.469 e. The topological polar surface area (TPSA) is 35.5 Å². The molecule has 0 radical (unpaired) electrons. The van der Waals surface area contributed by atoms with Crippen LogP contribution in [0.3, 0.4) is 0 Å². The van der Waals surface area contributed by atoms with E-state index in [-0.39, 0.29) is 18.5 Å². The van der Waals surface area contributed by atoms with Gasteiger partial charge < -0.3 is 9.47 Å². The number of rotatable bonds is 14. The highest BCUT2D eigenvalue weighted by molar-refractivity contribution is 5.70. The Kier molecular flexibility index (Phi) is 16.0. The molecule has 0 heterocycles. The normalized spacial score (nSPS) is 13.3. The average Bonchev–Trinajstić information content (AvgIpc) is 2.57. The molecule has 0 saturated heterocycles. The summed E-state index contributed by atoms with van der Waals surface area (Å²) in [6.45, 7) is 2.17. The molecule has 0 unspecified atom stereocenters. The molecule has 3 heteroatoms. The zero-order valence-electron chi connectivity index (χ0n) is 15.1. The highest BCUT2D eigenvalue weighted by atomic mass is 16.5. The molecule has 0 amide bonds. The Morgan fingerprint density at radius 3 is 2.17 bits per heavy atom. The van der Waals surface area contributed by atoms with Crippen molar-refractivity contribution in [3.05, 3.63) is 36.5 Å². The summed E-state index contributed by atoms with van der Waals surface area (Å²) >= 11 is 0. The lowest BCUT2D eigenvalue weighted by molar-refractivity contribution is -0.142. The van der Waals surface area contributed by atoms with Crippen molar-refractivity contribution in [3.63, 3.8) is 0 Å². The van der Waals surface area contributed by atoms with Gasteiger partial charge in [0.1, 0.15) is 0 Å². The van der Waals surface area contributed by atoms with Gasteiger partial charge in [-0.3, -0.25) is 4.79 Å². The fraction of sp³-hybridized carbons (Fsp3) is 0.650. The van der Waals surface area contributed by atoms with E-state index < -0.39 is 0 Å². The van der Waals surface area contributed by atoms with Crippen LogP contribution < -0.4 is 0 Å². The fourth-order valence-electron chi connectivity index (χ4n) is 2.18. The maximum absolute atomic E-state index is 11.2. The minimum absolute atomic E-state index is 0.214. The summed E-state index contributed by atoms with van der Waals surface area (Å²) in [7, 11) is 2.99. The molecule has 23 heavy (non-hydrogen) atoms. The third kappa shape index (κ3) is 15.3. The van der Waals surface area contributed by atoms with E-state index in [0.29, 0.717) is 0 Å². The van der Waals surface area contributed by atoms with Crippen LogP contribution in [0, 0.1) is 0 Å². The first kappa shape index (κ1) is 21.6. The summed E-state index contributed by atoms with van der Waals surface area (Å²) in [5, 5.41) is 0. The lowest BCUT2D eigenvalue weighted by Gasteiger charge is -2.08. The number of carbonyl (C=O) groups is 1. The number of carbonyl (C=O) groups excluding carboxylic acids is 1. The molecular weight excluding hydrogens is 288 g/mol. The van der Waals surface area contributed by atoms with E-state index in [0.717, 1.165) is 12.8 Å². The van der Waals surface area contributed by atoms with Crippen molar-refractivity contribution >= 4 is 5.97 Å². The fourth-order valence-corrected chi connectivity index (χ4v) is 2.18. The predicted octanol–water partition coefficient (Wildman–Crippen LogP) is 5.37. The van der Waals surface area contributed by atoms with Crippen LogP contribution in [0.5, 0.6) is 0 Å². The van der Waals surface area contributed by atoms with Crippen LogP contribution in [0.1, 0.15) is 64.7 Å². The monoisotopic (exact) mass is 322 g/mol. The van der Waals surface area contributed by atoms with Crippen LogP contribution in [-0.2, 0) is 14.3 Å². The summed E-state index contributed by atoms with van der Waals surface area (Å²) in [5.74, 6) is -0.254. The second-order valence-corrected chi connectivity index (χ2v) is 5.59. The third-order valence-electron chi connectivity index (χ3n) is 3.62. The molecule has 0 aliphatic rings. The molecule has 0 spiro atoms. The van der Waals surface area contributed by atoms with Gasteiger partial charge in [-0.25, -0.2) is 0 Å². The van der Waals surface area contributed by atoms with Crippen LogP contribution in [0.15, 0.2) is 36.5 Å². The van der Waals surface area contributed by atoms with Gasteiger partial charge in [-0.2, -0.15) is 0 Å². The second-order valence-electron chi connectivity index (χ2n) is 5.59. The largest absolute Gasteiger partial charge is 0.469 e. The Bertz CT molecular complexity index is 356. The van der Waals surface area contributed by atoms with Gasteiger partial charge >= 0.3 is 5.97 Å². The second kappa shape index (κ2) is 17.0. The average molecular weight is 322 g/mol. The van der Waals surface area contributed by atoms with Gasteiger partial charge in [0.15, 0.2) is 0 Å². The van der Waals surface area contributed by atoms with E-state index in [1.165, 1.54) is 45.6 Å². The van der Waals surface area contributed by atoms with E-state index in [1.54, 1.807) is 7.11 Å². The molecule has 1 atom stereocenters. The van der Waals surface area contributed by atoms with E-state index >= 15 is 0 Å². The van der Waals surface area contributed by atoms with Gasteiger partial charge in [-0.1, -0.05) is 62.6 Å². The number of allylic oxidation sites excluding steroid dienone is 5. The van der Waals surface area contributed by atoms with Crippen molar-refractivity contribution < 1.29 is 14.3 Å². The quantitative estimate of drug-likeness (QED) is 0.186. The first-order valence-corrected chi connectivity index (χ1v) is 8.82. The molecule has 132 valence electrons. The summed E-state index contributed by atoms with van der Waals surface area (Å²) < 4.78 is 9.83. The summed E-state index contributed by atoms with van der Waals surface area (Å²) in [4.78, 5) is 11.2. The smallest absolute Gasteiger partial charge is 0.308 e. The van der Waals surface area contributed by atoms with Crippen molar-refractivity contribution in [1.29, 1.82) is 0 Å². The van der Waals surface area contributed by atoms with Crippen molar-refractivity contribution in [2.75, 3.05) is 14.2 Å². The number of ether oxygens (including phenoxy) is 2. The Hall–Kier alpha value is -1.35. The van der Waals surface area contributed by atoms with Gasteiger partial charge in [0.25, 0.3) is 0 Å². The van der Waals surface area contributed by atoms with Crippen LogP contribution in [0.2, 0.25) is 0 Å². The maximum atomic E-state index is 11.2. The van der Waals surface area contributed by atoms with Gasteiger partial charge in [0.2, 0.25) is 0 Å². The molecule has 0 bridgehead atoms. The molecule has 0 N–H and O–H groups in total. The van der Waals surface area contributed by atoms with Crippen LogP contribution in [-0.4, -0.2) is 26.3 Å². The lowest BCUT2D eigenvalue weighted by Crippen LogP contribution is -2.14. The molecule has 0 aromatic heterocycles. The van der Waals surface area contributed by atoms with E-state index in [1.807, 2.05) is 18.2 Å². The van der Waals surface area contributed by atoms with Gasteiger partial charge in [-0.05, 0) is 32.1 Å². The molecule has 0 aliphatic heterocycles. The molecule has 0 aromatic carbocycles. The first-order chi connectivity index (χ1) is 11.2. The predicted molar refractivity (Wildman–Crippen MR) is 97.5 cm³/mol. The summed E-state index contributed by atoms with van der Waals surface area (Å²) in [6.07, 6.45) is 22.6. The van der Waals surface area contributed by atoms with E-state index in [2.05, 4.69) is 29.9 Å². The SMILES string of the molecule is CC/C=C/CCCCCCC/C=C\C=C\[C@@H](CC(=O)OC)OC. The third-order valence-corrected chi connectivity index (χ3v) is 3.62. The molecule has 0 aliphatic carbocycles. The van der Waals surface area contributed by atoms with Gasteiger partial charge in [0, 0.05) is 7.11 Å². The highest BCUT2D eigenvalue weighted by Crippen LogP contribution is 2.08. The molecule has 0 aromatic rings. The Morgan fingerprint density at radius 1 is 0.913 bits per heavy atom. The molecule has 3 nitrogen and oxygen atoms in total. The van der Waals surface area contributed by atoms with Gasteiger partial charge in [-0.15, -0.1) is 0 Å². The Labute approximate surface area is 142 Å². The maximum Gasteiger partial charge on any atom is 0.308 e. The lowest BCUT2D eigenvalue weighted by atomic mass is 10.1. The molecular formula is C20H34O3. The van der Waals surface area contributed by atoms with Crippen LogP contribution >= 0.6 is 0 Å². The summed E-state index contributed by atoms with van der Waals surface area (Å²) in [6, 6.07) is 0. The van der Waals surface area contributed by atoms with Crippen LogP contribution in [0.4, 0.5) is 0 Å². The zero-order chi connectivity index (χ0) is 17.2. The van der Waals surface area contributed by atoms with E-state index in [9.17, 15) is 4.79 Å². The van der Waals surface area contributed by atoms with Crippen molar-refractivity contribution in [1.82, 2.24) is 0 Å². The van der Waals surface area contributed by atoms with Gasteiger partial charge in [0.05, 0.1) is 19.6 Å². The van der Waals surface area contributed by atoms with E-state index in [4.69, 9.17) is 4.74 Å². The number of hydrogen-bond acceptors (Lipinski definition) is 3. The first-order valence-electron chi connectivity index (χ1n) is 8.82. The minimum atomic E-state index is -0.254. The van der Waals surface area contributed by atoms with Crippen molar-refractivity contribution in [2.24, 2.45) is 0 Å². The van der Waals surface area contributed by atoms with Crippen LogP contribution in [0.25, 0.3) is 0 Å². The Balaban J connectivity index is 3.57. The number of unbranched alkanes of at least 4 members (excludes halogenated alkanes) is 6. The number of hydrogen-bond donors (Lipinski definition) is 0. The van der Waals surface area contributed by atoms with Crippen molar-refractivity contribution in [3.8, 4) is 0 Å². The molecule has 0 rings (SSSR count). The number of esters is 1. The number of methoxy groups -OCH3 is 2. The highest BCUT2D eigenvalue weighted by Gasteiger charge is 2.09. The Morgan fingerprint density at radius 2 is 1.57 bits per heavy atom. The summed E-state index contributed by atoms with van der Waals surface area (Å²) in [5.41, 5.74) is 0. The molecule has 0 saturated carbocycles.